The van der Waals surface area contributed by atoms with Crippen LogP contribution in [0, 0.1) is 0 Å². The van der Waals surface area contributed by atoms with Crippen molar-refractivity contribution in [2.24, 2.45) is 0 Å². The Morgan fingerprint density at radius 3 is 2.35 bits per heavy atom. The third kappa shape index (κ3) is 4.79. The van der Waals surface area contributed by atoms with Crippen molar-refractivity contribution in [3.05, 3.63) is 76.4 Å². The van der Waals surface area contributed by atoms with Gasteiger partial charge in [-0.15, -0.1) is 0 Å². The normalized spacial score (nSPS) is 11.0. The Kier molecular flexibility index (Phi) is 6.11. The molecule has 2 rings (SSSR count). The number of carbonyl (C=O) groups is 2. The summed E-state index contributed by atoms with van der Waals surface area (Å²) >= 11 is 3.32. The maximum atomic E-state index is 12.6. The number of para-hydroxylation sites is 1. The van der Waals surface area contributed by atoms with Crippen LogP contribution in [0.1, 0.15) is 17.3 Å². The molecule has 0 radical (unpaired) electrons. The van der Waals surface area contributed by atoms with Gasteiger partial charge in [0.1, 0.15) is 5.57 Å². The fourth-order valence-electron chi connectivity index (χ4n) is 1.87. The molecule has 0 atom stereocenters. The van der Waals surface area contributed by atoms with Gasteiger partial charge in [-0.25, -0.2) is 4.79 Å². The van der Waals surface area contributed by atoms with Crippen molar-refractivity contribution in [3.8, 4) is 0 Å². The minimum absolute atomic E-state index is 0.0435. The third-order valence-corrected chi connectivity index (χ3v) is 3.53. The first-order valence-electron chi connectivity index (χ1n) is 7.11. The highest BCUT2D eigenvalue weighted by atomic mass is 79.9. The number of hydrogen-bond acceptors (Lipinski definition) is 4. The number of esters is 1. The lowest BCUT2D eigenvalue weighted by Gasteiger charge is -2.08. The summed E-state index contributed by atoms with van der Waals surface area (Å²) in [6.07, 6.45) is 1.39. The van der Waals surface area contributed by atoms with Crippen molar-refractivity contribution in [2.75, 3.05) is 11.9 Å². The van der Waals surface area contributed by atoms with Crippen LogP contribution in [0.5, 0.6) is 0 Å². The van der Waals surface area contributed by atoms with Crippen LogP contribution in [0.3, 0.4) is 0 Å². The van der Waals surface area contributed by atoms with Crippen LogP contribution in [0.15, 0.2) is 70.8 Å². The van der Waals surface area contributed by atoms with E-state index in [0.717, 1.165) is 10.2 Å². The molecule has 0 amide bonds. The zero-order chi connectivity index (χ0) is 16.7. The highest BCUT2D eigenvalue weighted by molar-refractivity contribution is 9.10. The van der Waals surface area contributed by atoms with Crippen LogP contribution in [0.2, 0.25) is 0 Å². The van der Waals surface area contributed by atoms with Gasteiger partial charge >= 0.3 is 5.97 Å². The largest absolute Gasteiger partial charge is 0.462 e. The molecule has 0 aliphatic heterocycles. The van der Waals surface area contributed by atoms with Crippen molar-refractivity contribution in [3.63, 3.8) is 0 Å². The monoisotopic (exact) mass is 373 g/mol. The number of nitrogens with one attached hydrogen (secondary N) is 1. The van der Waals surface area contributed by atoms with E-state index in [9.17, 15) is 9.59 Å². The minimum atomic E-state index is -0.649. The molecule has 0 aliphatic rings. The fraction of sp³-hybridized carbons (Fsp3) is 0.111. The van der Waals surface area contributed by atoms with Crippen molar-refractivity contribution >= 4 is 33.4 Å². The summed E-state index contributed by atoms with van der Waals surface area (Å²) < 4.78 is 5.84. The Hall–Kier alpha value is -2.40. The molecule has 0 aromatic heterocycles. The number of rotatable bonds is 6. The van der Waals surface area contributed by atoms with Gasteiger partial charge in [-0.3, -0.25) is 4.79 Å². The first-order chi connectivity index (χ1) is 11.1. The zero-order valence-corrected chi connectivity index (χ0v) is 14.2. The van der Waals surface area contributed by atoms with Gasteiger partial charge in [0, 0.05) is 21.9 Å². The third-order valence-electron chi connectivity index (χ3n) is 3.00. The molecular formula is C18H16BrNO3. The Morgan fingerprint density at radius 1 is 1.09 bits per heavy atom. The molecule has 0 saturated carbocycles. The summed E-state index contributed by atoms with van der Waals surface area (Å²) in [6, 6.07) is 16.1. The Labute approximate surface area is 143 Å². The van der Waals surface area contributed by atoms with Crippen molar-refractivity contribution in [1.29, 1.82) is 0 Å². The molecule has 0 heterocycles. The fourth-order valence-corrected chi connectivity index (χ4v) is 2.14. The van der Waals surface area contributed by atoms with E-state index in [4.69, 9.17) is 4.74 Å². The molecular weight excluding hydrogens is 358 g/mol. The van der Waals surface area contributed by atoms with Gasteiger partial charge in [0.15, 0.2) is 0 Å². The van der Waals surface area contributed by atoms with Gasteiger partial charge in [0.05, 0.1) is 6.61 Å². The van der Waals surface area contributed by atoms with E-state index in [-0.39, 0.29) is 18.0 Å². The molecule has 4 nitrogen and oxygen atoms in total. The number of benzene rings is 2. The molecule has 0 bridgehead atoms. The quantitative estimate of drug-likeness (QED) is 0.271. The number of hydrogen-bond donors (Lipinski definition) is 1. The van der Waals surface area contributed by atoms with Crippen LogP contribution in [0.4, 0.5) is 5.69 Å². The van der Waals surface area contributed by atoms with Crippen molar-refractivity contribution < 1.29 is 14.3 Å². The lowest BCUT2D eigenvalue weighted by molar-refractivity contribution is -0.138. The van der Waals surface area contributed by atoms with Gasteiger partial charge in [0.25, 0.3) is 0 Å². The highest BCUT2D eigenvalue weighted by Gasteiger charge is 2.21. The van der Waals surface area contributed by atoms with Gasteiger partial charge in [-0.05, 0) is 43.3 Å². The minimum Gasteiger partial charge on any atom is -0.462 e. The molecule has 1 N–H and O–H groups in total. The maximum absolute atomic E-state index is 12.6. The van der Waals surface area contributed by atoms with Crippen LogP contribution < -0.4 is 5.32 Å². The van der Waals surface area contributed by atoms with E-state index in [2.05, 4.69) is 21.2 Å². The lowest BCUT2D eigenvalue weighted by atomic mass is 10.0. The predicted molar refractivity (Wildman–Crippen MR) is 93.3 cm³/mol. The number of anilines is 1. The van der Waals surface area contributed by atoms with Gasteiger partial charge in [0.2, 0.25) is 5.78 Å². The summed E-state index contributed by atoms with van der Waals surface area (Å²) in [5.41, 5.74) is 1.15. The maximum Gasteiger partial charge on any atom is 0.343 e. The molecule has 0 aliphatic carbocycles. The molecule has 0 fully saturated rings. The summed E-state index contributed by atoms with van der Waals surface area (Å²) in [6.45, 7) is 1.90. The highest BCUT2D eigenvalue weighted by Crippen LogP contribution is 2.15. The molecule has 23 heavy (non-hydrogen) atoms. The number of Topliss-reactive ketones (excluding diaryl/α,β-unsaturated/α-hetero) is 1. The van der Waals surface area contributed by atoms with Crippen LogP contribution >= 0.6 is 15.9 Å². The average molecular weight is 374 g/mol. The molecule has 0 unspecified atom stereocenters. The number of carbonyl (C=O) groups excluding carboxylic acids is 2. The number of ether oxygens (including phenoxy) is 1. The number of ketones is 1. The predicted octanol–water partition coefficient (Wildman–Crippen LogP) is 4.19. The van der Waals surface area contributed by atoms with E-state index >= 15 is 0 Å². The molecule has 2 aromatic rings. The summed E-state index contributed by atoms with van der Waals surface area (Å²) in [4.78, 5) is 24.7. The zero-order valence-electron chi connectivity index (χ0n) is 12.6. The Morgan fingerprint density at radius 2 is 1.74 bits per heavy atom. The molecule has 5 heteroatoms. The summed E-state index contributed by atoms with van der Waals surface area (Å²) in [7, 11) is 0. The van der Waals surface area contributed by atoms with E-state index in [1.165, 1.54) is 6.20 Å². The van der Waals surface area contributed by atoms with Gasteiger partial charge in [-0.2, -0.15) is 0 Å². The molecule has 118 valence electrons. The van der Waals surface area contributed by atoms with Crippen molar-refractivity contribution in [2.45, 2.75) is 6.92 Å². The SMILES string of the molecule is CCOC(=O)C(=CNc1ccccc1)C(=O)c1ccc(Br)cc1. The van der Waals surface area contributed by atoms with Gasteiger partial charge in [-0.1, -0.05) is 34.1 Å². The van der Waals surface area contributed by atoms with Crippen LogP contribution in [-0.4, -0.2) is 18.4 Å². The van der Waals surface area contributed by atoms with E-state index in [0.29, 0.717) is 5.56 Å². The lowest BCUT2D eigenvalue weighted by Crippen LogP contribution is -2.17. The first-order valence-corrected chi connectivity index (χ1v) is 7.90. The van der Waals surface area contributed by atoms with E-state index < -0.39 is 5.97 Å². The molecule has 2 aromatic carbocycles. The van der Waals surface area contributed by atoms with Crippen LogP contribution in [-0.2, 0) is 9.53 Å². The van der Waals surface area contributed by atoms with Crippen LogP contribution in [0.25, 0.3) is 0 Å². The second kappa shape index (κ2) is 8.29. The topological polar surface area (TPSA) is 55.4 Å². The van der Waals surface area contributed by atoms with Gasteiger partial charge < -0.3 is 10.1 Å². The molecule has 0 spiro atoms. The molecule has 0 saturated heterocycles. The smallest absolute Gasteiger partial charge is 0.343 e. The Bertz CT molecular complexity index is 709. The summed E-state index contributed by atoms with van der Waals surface area (Å²) in [5, 5.41) is 2.95. The second-order valence-electron chi connectivity index (χ2n) is 4.62. The Balaban J connectivity index is 2.28. The second-order valence-corrected chi connectivity index (χ2v) is 5.54. The summed E-state index contributed by atoms with van der Waals surface area (Å²) in [5.74, 6) is -1.04. The van der Waals surface area contributed by atoms with E-state index in [1.54, 1.807) is 31.2 Å². The number of halogens is 1. The first kappa shape index (κ1) is 17.0. The van der Waals surface area contributed by atoms with E-state index in [1.807, 2.05) is 30.3 Å². The van der Waals surface area contributed by atoms with Crippen molar-refractivity contribution in [1.82, 2.24) is 0 Å². The average Bonchev–Trinajstić information content (AvgIpc) is 2.56. The standard InChI is InChI=1S/C18H16BrNO3/c1-2-23-18(22)16(12-20-15-6-4-3-5-7-15)17(21)13-8-10-14(19)11-9-13/h3-12,20H,2H2,1H3.